The van der Waals surface area contributed by atoms with Crippen molar-refractivity contribution < 1.29 is 10.2 Å². The third kappa shape index (κ3) is 4.18. The Morgan fingerprint density at radius 1 is 1.38 bits per heavy atom. The summed E-state index contributed by atoms with van der Waals surface area (Å²) < 4.78 is 0. The van der Waals surface area contributed by atoms with Crippen molar-refractivity contribution in [2.24, 2.45) is 0 Å². The van der Waals surface area contributed by atoms with E-state index in [0.717, 1.165) is 0 Å². The summed E-state index contributed by atoms with van der Waals surface area (Å²) in [5.74, 6) is 0. The van der Waals surface area contributed by atoms with Gasteiger partial charge in [0, 0.05) is 11.5 Å². The molecule has 0 bridgehead atoms. The van der Waals surface area contributed by atoms with E-state index < -0.39 is 0 Å². The molecule has 0 aromatic rings. The van der Waals surface area contributed by atoms with Crippen LogP contribution in [-0.4, -0.2) is 28.3 Å². The first-order valence-corrected chi connectivity index (χ1v) is 2.95. The van der Waals surface area contributed by atoms with Crippen molar-refractivity contribution in [3.8, 4) is 0 Å². The molecular weight excluding hydrogens is 124 g/mol. The third-order valence-electron chi connectivity index (χ3n) is 0.790. The molecule has 2 nitrogen and oxygen atoms in total. The smallest absolute Gasteiger partial charge is 0.0744 e. The summed E-state index contributed by atoms with van der Waals surface area (Å²) in [6.45, 7) is 0.121. The zero-order chi connectivity index (χ0) is 6.41. The van der Waals surface area contributed by atoms with E-state index in [1.165, 1.54) is 0 Å². The molecule has 3 heteroatoms. The highest BCUT2D eigenvalue weighted by atomic mass is 32.1. The zero-order valence-corrected chi connectivity index (χ0v) is 5.45. The van der Waals surface area contributed by atoms with Crippen LogP contribution in [0, 0.1) is 0 Å². The molecule has 0 unspecified atom stereocenters. The van der Waals surface area contributed by atoms with Crippen LogP contribution in [0.15, 0.2) is 0 Å². The molecule has 0 radical (unpaired) electrons. The predicted molar refractivity (Wildman–Crippen MR) is 36.0 cm³/mol. The van der Waals surface area contributed by atoms with Crippen molar-refractivity contribution in [1.82, 2.24) is 0 Å². The van der Waals surface area contributed by atoms with Crippen LogP contribution in [0.3, 0.4) is 0 Å². The molecule has 0 aliphatic rings. The molecule has 0 aromatic heterocycles. The van der Waals surface area contributed by atoms with Gasteiger partial charge in [-0.25, -0.2) is 0 Å². The standard InChI is InChI=1S/C5H10O2S/c6-3-1-2-5(8)4-7/h6-7H,1-4H2. The first-order valence-electron chi connectivity index (χ1n) is 2.54. The third-order valence-corrected chi connectivity index (χ3v) is 1.12. The van der Waals surface area contributed by atoms with E-state index in [4.69, 9.17) is 10.2 Å². The van der Waals surface area contributed by atoms with Gasteiger partial charge >= 0.3 is 0 Å². The van der Waals surface area contributed by atoms with Crippen molar-refractivity contribution in [1.29, 1.82) is 0 Å². The highest BCUT2D eigenvalue weighted by Crippen LogP contribution is 1.89. The predicted octanol–water partition coefficient (Wildman–Crippen LogP) is 0.121. The van der Waals surface area contributed by atoms with E-state index >= 15 is 0 Å². The monoisotopic (exact) mass is 134 g/mol. The summed E-state index contributed by atoms with van der Waals surface area (Å²) in [7, 11) is 0. The van der Waals surface area contributed by atoms with Crippen LogP contribution in [-0.2, 0) is 0 Å². The first-order chi connectivity index (χ1) is 3.81. The maximum atomic E-state index is 8.34. The second-order valence-electron chi connectivity index (χ2n) is 1.52. The lowest BCUT2D eigenvalue weighted by Gasteiger charge is -1.93. The Bertz CT molecular complexity index is 72.8. The fraction of sp³-hybridized carbons (Fsp3) is 0.800. The maximum absolute atomic E-state index is 8.34. The van der Waals surface area contributed by atoms with Crippen molar-refractivity contribution >= 4 is 17.1 Å². The van der Waals surface area contributed by atoms with Crippen molar-refractivity contribution in [3.05, 3.63) is 0 Å². The van der Waals surface area contributed by atoms with E-state index in [1.807, 2.05) is 0 Å². The lowest BCUT2D eigenvalue weighted by atomic mass is 10.2. The Labute approximate surface area is 54.1 Å². The Balaban J connectivity index is 2.99. The first kappa shape index (κ1) is 8.01. The summed E-state index contributed by atoms with van der Waals surface area (Å²) in [5, 5.41) is 16.6. The number of hydrogen-bond donors (Lipinski definition) is 2. The van der Waals surface area contributed by atoms with Gasteiger partial charge in [-0.3, -0.25) is 0 Å². The van der Waals surface area contributed by atoms with Crippen molar-refractivity contribution in [3.63, 3.8) is 0 Å². The highest BCUT2D eigenvalue weighted by Gasteiger charge is 1.90. The van der Waals surface area contributed by atoms with E-state index in [0.29, 0.717) is 17.7 Å². The number of rotatable bonds is 4. The van der Waals surface area contributed by atoms with Crippen LogP contribution in [0.25, 0.3) is 0 Å². The van der Waals surface area contributed by atoms with E-state index in [-0.39, 0.29) is 13.2 Å². The average molecular weight is 134 g/mol. The fourth-order valence-electron chi connectivity index (χ4n) is 0.355. The van der Waals surface area contributed by atoms with Crippen molar-refractivity contribution in [2.45, 2.75) is 12.8 Å². The molecule has 0 amide bonds. The van der Waals surface area contributed by atoms with Crippen LogP contribution in [0.2, 0.25) is 0 Å². The minimum absolute atomic E-state index is 0.0324. The van der Waals surface area contributed by atoms with Gasteiger partial charge in [0.15, 0.2) is 0 Å². The Kier molecular flexibility index (Phi) is 5.16. The molecule has 0 saturated carbocycles. The largest absolute Gasteiger partial charge is 0.396 e. The molecule has 48 valence electrons. The summed E-state index contributed by atoms with van der Waals surface area (Å²) in [4.78, 5) is 0.624. The molecule has 0 aliphatic heterocycles. The molecule has 0 aromatic carbocycles. The Morgan fingerprint density at radius 3 is 2.38 bits per heavy atom. The number of thiocarbonyl (C=S) groups is 1. The molecule has 0 fully saturated rings. The molecule has 0 rings (SSSR count). The van der Waals surface area contributed by atoms with Gasteiger partial charge in [-0.2, -0.15) is 0 Å². The molecular formula is C5H10O2S. The van der Waals surface area contributed by atoms with Gasteiger partial charge in [0.05, 0.1) is 6.61 Å². The maximum Gasteiger partial charge on any atom is 0.0744 e. The quantitative estimate of drug-likeness (QED) is 0.537. The van der Waals surface area contributed by atoms with Crippen LogP contribution >= 0.6 is 12.2 Å². The highest BCUT2D eigenvalue weighted by molar-refractivity contribution is 7.80. The average Bonchev–Trinajstić information content (AvgIpc) is 1.83. The van der Waals surface area contributed by atoms with Crippen LogP contribution < -0.4 is 0 Å². The van der Waals surface area contributed by atoms with Crippen LogP contribution in [0.4, 0.5) is 0 Å². The van der Waals surface area contributed by atoms with Gasteiger partial charge in [0.25, 0.3) is 0 Å². The minimum Gasteiger partial charge on any atom is -0.396 e. The second kappa shape index (κ2) is 5.15. The van der Waals surface area contributed by atoms with Gasteiger partial charge in [-0.15, -0.1) is 0 Å². The second-order valence-corrected chi connectivity index (χ2v) is 2.10. The van der Waals surface area contributed by atoms with Crippen molar-refractivity contribution in [2.75, 3.05) is 13.2 Å². The Hall–Kier alpha value is 0.01000. The fourth-order valence-corrected chi connectivity index (χ4v) is 0.500. The van der Waals surface area contributed by atoms with Gasteiger partial charge in [0.1, 0.15) is 0 Å². The summed E-state index contributed by atoms with van der Waals surface area (Å²) in [5.41, 5.74) is 0. The molecule has 0 heterocycles. The van der Waals surface area contributed by atoms with E-state index in [2.05, 4.69) is 12.2 Å². The minimum atomic E-state index is -0.0324. The van der Waals surface area contributed by atoms with E-state index in [9.17, 15) is 0 Å². The number of aliphatic hydroxyl groups excluding tert-OH is 2. The summed E-state index contributed by atoms with van der Waals surface area (Å²) >= 11 is 4.66. The lowest BCUT2D eigenvalue weighted by Crippen LogP contribution is -2.00. The van der Waals surface area contributed by atoms with Crippen LogP contribution in [0.1, 0.15) is 12.8 Å². The molecule has 8 heavy (non-hydrogen) atoms. The summed E-state index contributed by atoms with van der Waals surface area (Å²) in [6, 6.07) is 0. The topological polar surface area (TPSA) is 40.5 Å². The van der Waals surface area contributed by atoms with Crippen LogP contribution in [0.5, 0.6) is 0 Å². The normalized spacial score (nSPS) is 9.25. The molecule has 0 atom stereocenters. The number of hydrogen-bond acceptors (Lipinski definition) is 3. The molecule has 0 aliphatic carbocycles. The van der Waals surface area contributed by atoms with Gasteiger partial charge in [-0.05, 0) is 12.8 Å². The Morgan fingerprint density at radius 2 is 2.00 bits per heavy atom. The van der Waals surface area contributed by atoms with Gasteiger partial charge < -0.3 is 10.2 Å². The van der Waals surface area contributed by atoms with E-state index in [1.54, 1.807) is 0 Å². The van der Waals surface area contributed by atoms with Gasteiger partial charge in [-0.1, -0.05) is 12.2 Å². The summed E-state index contributed by atoms with van der Waals surface area (Å²) in [6.07, 6.45) is 1.32. The molecule has 2 N–H and O–H groups in total. The SMILES string of the molecule is OCCCC(=S)CO. The molecule has 0 spiro atoms. The zero-order valence-electron chi connectivity index (χ0n) is 4.63. The number of aliphatic hydroxyl groups is 2. The lowest BCUT2D eigenvalue weighted by molar-refractivity contribution is 0.289. The molecule has 0 saturated heterocycles. The van der Waals surface area contributed by atoms with Gasteiger partial charge in [0.2, 0.25) is 0 Å².